The molecule has 10 nitrogen and oxygen atoms in total. The molecule has 42 heavy (non-hydrogen) atoms. The Bertz CT molecular complexity index is 1350. The van der Waals surface area contributed by atoms with Crippen molar-refractivity contribution in [1.82, 2.24) is 21.1 Å². The molecule has 2 aromatic rings. The van der Waals surface area contributed by atoms with Crippen LogP contribution < -0.4 is 21.1 Å². The summed E-state index contributed by atoms with van der Waals surface area (Å²) in [5, 5.41) is 3.21. The summed E-state index contributed by atoms with van der Waals surface area (Å²) in [4.78, 5) is 55.9. The van der Waals surface area contributed by atoms with Crippen molar-refractivity contribution in [1.29, 1.82) is 0 Å². The van der Waals surface area contributed by atoms with E-state index in [4.69, 9.17) is 16.3 Å². The minimum atomic E-state index is -2.11. The minimum absolute atomic E-state index is 0.0644. The fourth-order valence-electron chi connectivity index (χ4n) is 4.73. The maximum atomic E-state index is 15.2. The molecule has 0 spiro atoms. The highest BCUT2D eigenvalue weighted by Gasteiger charge is 2.42. The Balaban J connectivity index is 1.56. The van der Waals surface area contributed by atoms with Crippen LogP contribution in [0.25, 0.3) is 0 Å². The van der Waals surface area contributed by atoms with Crippen LogP contribution in [0.15, 0.2) is 47.4 Å². The van der Waals surface area contributed by atoms with Crippen LogP contribution in [0, 0.1) is 0 Å². The molecule has 0 bridgehead atoms. The summed E-state index contributed by atoms with van der Waals surface area (Å²) in [5.41, 5.74) is 3.03. The zero-order valence-corrected chi connectivity index (χ0v) is 25.5. The van der Waals surface area contributed by atoms with E-state index in [2.05, 4.69) is 16.2 Å². The van der Waals surface area contributed by atoms with E-state index in [1.165, 1.54) is 22.7 Å². The fourth-order valence-corrected chi connectivity index (χ4v) is 5.91. The first kappa shape index (κ1) is 31.6. The van der Waals surface area contributed by atoms with Crippen LogP contribution in [0.2, 0.25) is 5.02 Å². The average molecular weight is 620 g/mol. The van der Waals surface area contributed by atoms with Gasteiger partial charge in [0.25, 0.3) is 17.7 Å². The number of carbonyl (C=O) groups is 4. The lowest BCUT2D eigenvalue weighted by molar-refractivity contribution is -0.137. The molecule has 0 radical (unpaired) electrons. The summed E-state index contributed by atoms with van der Waals surface area (Å²) in [5.74, 6) is -1.75. The summed E-state index contributed by atoms with van der Waals surface area (Å²) in [6, 6.07) is 10.9. The molecule has 2 heterocycles. The van der Waals surface area contributed by atoms with Crippen molar-refractivity contribution in [2.75, 3.05) is 30.8 Å². The van der Waals surface area contributed by atoms with Gasteiger partial charge in [-0.25, -0.2) is 9.18 Å². The van der Waals surface area contributed by atoms with E-state index >= 15 is 4.39 Å². The smallest absolute Gasteiger partial charge is 0.408 e. The van der Waals surface area contributed by atoms with Crippen molar-refractivity contribution in [3.63, 3.8) is 0 Å². The van der Waals surface area contributed by atoms with Crippen LogP contribution in [0.5, 0.6) is 0 Å². The van der Waals surface area contributed by atoms with Crippen molar-refractivity contribution in [3.05, 3.63) is 58.6 Å². The van der Waals surface area contributed by atoms with Crippen LogP contribution in [0.3, 0.4) is 0 Å². The molecular weight excluding hydrogens is 585 g/mol. The highest BCUT2D eigenvalue weighted by Crippen LogP contribution is 2.36. The first-order valence-corrected chi connectivity index (χ1v) is 14.9. The van der Waals surface area contributed by atoms with Gasteiger partial charge in [-0.2, -0.15) is 0 Å². The number of benzene rings is 2. The fraction of sp³-hybridized carbons (Fsp3) is 0.448. The number of thioether (sulfide) groups is 1. The lowest BCUT2D eigenvalue weighted by Gasteiger charge is -2.33. The normalized spacial score (nSPS) is 21.1. The van der Waals surface area contributed by atoms with Crippen molar-refractivity contribution in [3.8, 4) is 0 Å². The zero-order chi connectivity index (χ0) is 30.7. The van der Waals surface area contributed by atoms with Crippen LogP contribution in [-0.2, 0) is 20.9 Å². The third kappa shape index (κ3) is 7.93. The van der Waals surface area contributed by atoms with Gasteiger partial charge in [-0.05, 0) is 83.1 Å². The first-order chi connectivity index (χ1) is 19.7. The number of anilines is 1. The second kappa shape index (κ2) is 12.9. The number of halogens is 2. The lowest BCUT2D eigenvalue weighted by Crippen LogP contribution is -2.57. The van der Waals surface area contributed by atoms with E-state index in [0.29, 0.717) is 28.6 Å². The van der Waals surface area contributed by atoms with E-state index in [9.17, 15) is 19.2 Å². The average Bonchev–Trinajstić information content (AvgIpc) is 3.03. The van der Waals surface area contributed by atoms with Crippen molar-refractivity contribution in [2.45, 2.75) is 62.4 Å². The Morgan fingerprint density at radius 1 is 1.14 bits per heavy atom. The number of hydrogen-bond acceptors (Lipinski definition) is 7. The van der Waals surface area contributed by atoms with Crippen LogP contribution in [0.1, 0.15) is 49.5 Å². The largest absolute Gasteiger partial charge is 0.444 e. The molecule has 4 amide bonds. The molecule has 1 saturated heterocycles. The van der Waals surface area contributed by atoms with Crippen LogP contribution in [-0.4, -0.2) is 71.9 Å². The molecule has 2 aliphatic heterocycles. The van der Waals surface area contributed by atoms with E-state index in [-0.39, 0.29) is 30.8 Å². The van der Waals surface area contributed by atoms with Gasteiger partial charge in [-0.1, -0.05) is 23.7 Å². The standard InChI is InChI=1S/C29H35ClFN5O5S/c1-28(2,3)41-27(40)32-21-16-42-23-11-8-19(24(37)33-34-26(39)29(31)12-5-13-35(4)17-29)14-22(23)36(25(21)38)15-18-6-9-20(30)10-7-18/h6-11,14,21H,5,12-13,15-17H2,1-4H3,(H,32,40)(H,33,37)(H,34,39)/t21-,29?/m0/s1. The van der Waals surface area contributed by atoms with Crippen molar-refractivity contribution < 1.29 is 28.3 Å². The van der Waals surface area contributed by atoms with Gasteiger partial charge in [0.05, 0.1) is 12.2 Å². The number of likely N-dealkylation sites (tertiary alicyclic amines) is 1. The van der Waals surface area contributed by atoms with Crippen molar-refractivity contribution in [2.24, 2.45) is 0 Å². The Kier molecular flexibility index (Phi) is 9.69. The number of hydrogen-bond donors (Lipinski definition) is 3. The quantitative estimate of drug-likeness (QED) is 0.432. The van der Waals surface area contributed by atoms with Gasteiger partial charge in [-0.3, -0.25) is 25.2 Å². The van der Waals surface area contributed by atoms with Gasteiger partial charge in [0, 0.05) is 27.8 Å². The molecule has 3 N–H and O–H groups in total. The first-order valence-electron chi connectivity index (χ1n) is 13.5. The maximum absolute atomic E-state index is 15.2. The van der Waals surface area contributed by atoms with Gasteiger partial charge >= 0.3 is 6.09 Å². The molecule has 0 saturated carbocycles. The number of alkyl halides is 1. The van der Waals surface area contributed by atoms with Gasteiger partial charge in [0.15, 0.2) is 0 Å². The van der Waals surface area contributed by atoms with E-state index in [1.807, 2.05) is 0 Å². The van der Waals surface area contributed by atoms with E-state index in [1.54, 1.807) is 69.1 Å². The number of rotatable bonds is 5. The molecule has 4 rings (SSSR count). The third-order valence-corrected chi connectivity index (χ3v) is 8.16. The summed E-state index contributed by atoms with van der Waals surface area (Å²) in [7, 11) is 1.73. The number of piperidine rings is 1. The zero-order valence-electron chi connectivity index (χ0n) is 24.0. The molecule has 2 aliphatic rings. The number of nitrogens with zero attached hydrogens (tertiary/aromatic N) is 2. The third-order valence-electron chi connectivity index (χ3n) is 6.76. The SMILES string of the molecule is CN1CCCC(F)(C(=O)NNC(=O)c2ccc3c(c2)N(Cc2ccc(Cl)cc2)C(=O)[C@@H](NC(=O)OC(C)(C)C)CS3)C1. The molecular formula is C29H35ClFN5O5S. The molecule has 226 valence electrons. The highest BCUT2D eigenvalue weighted by atomic mass is 35.5. The Hall–Kier alpha value is -3.35. The predicted molar refractivity (Wildman–Crippen MR) is 159 cm³/mol. The van der Waals surface area contributed by atoms with Crippen molar-refractivity contribution >= 4 is 52.9 Å². The molecule has 2 atom stereocenters. The lowest BCUT2D eigenvalue weighted by atomic mass is 9.94. The monoisotopic (exact) mass is 619 g/mol. The number of nitrogens with one attached hydrogen (secondary N) is 3. The summed E-state index contributed by atoms with van der Waals surface area (Å²) in [6.07, 6.45) is -0.127. The van der Waals surface area contributed by atoms with Gasteiger partial charge < -0.3 is 19.9 Å². The van der Waals surface area contributed by atoms with Gasteiger partial charge in [0.1, 0.15) is 11.6 Å². The second-order valence-electron chi connectivity index (χ2n) is 11.5. The highest BCUT2D eigenvalue weighted by molar-refractivity contribution is 7.99. The molecule has 2 aromatic carbocycles. The molecule has 13 heteroatoms. The Morgan fingerprint density at radius 2 is 1.86 bits per heavy atom. The molecule has 1 unspecified atom stereocenters. The summed E-state index contributed by atoms with van der Waals surface area (Å²) < 4.78 is 20.6. The minimum Gasteiger partial charge on any atom is -0.444 e. The Morgan fingerprint density at radius 3 is 2.52 bits per heavy atom. The molecule has 0 aliphatic carbocycles. The van der Waals surface area contributed by atoms with Gasteiger partial charge in [0.2, 0.25) is 5.67 Å². The predicted octanol–water partition coefficient (Wildman–Crippen LogP) is 4.07. The summed E-state index contributed by atoms with van der Waals surface area (Å²) >= 11 is 7.40. The topological polar surface area (TPSA) is 120 Å². The number of fused-ring (bicyclic) bond motifs is 1. The van der Waals surface area contributed by atoms with Gasteiger partial charge in [-0.15, -0.1) is 11.8 Å². The summed E-state index contributed by atoms with van der Waals surface area (Å²) in [6.45, 7) is 5.96. The number of alkyl carbamates (subject to hydrolysis) is 1. The van der Waals surface area contributed by atoms with Crippen LogP contribution >= 0.6 is 23.4 Å². The van der Waals surface area contributed by atoms with E-state index < -0.39 is 41.1 Å². The number of carbonyl (C=O) groups excluding carboxylic acids is 4. The number of ether oxygens (including phenoxy) is 1. The second-order valence-corrected chi connectivity index (χ2v) is 13.0. The van der Waals surface area contributed by atoms with E-state index in [0.717, 1.165) is 5.56 Å². The molecule has 0 aromatic heterocycles. The number of hydrazine groups is 1. The maximum Gasteiger partial charge on any atom is 0.408 e. The Labute approximate surface area is 253 Å². The molecule has 1 fully saturated rings. The number of amides is 4. The van der Waals surface area contributed by atoms with Crippen LogP contribution in [0.4, 0.5) is 14.9 Å².